The Morgan fingerprint density at radius 3 is 2.67 bits per heavy atom. The van der Waals surface area contributed by atoms with E-state index in [1.54, 1.807) is 7.11 Å². The molecule has 84 valence electrons. The van der Waals surface area contributed by atoms with E-state index in [0.717, 1.165) is 16.6 Å². The average molecular weight is 273 g/mol. The normalized spacial score (nSPS) is 12.5. The molecule has 1 aromatic rings. The lowest BCUT2D eigenvalue weighted by Gasteiger charge is -2.15. The molecular formula is C12H17BrO2. The maximum atomic E-state index is 5.71. The highest BCUT2D eigenvalue weighted by molar-refractivity contribution is 9.10. The van der Waals surface area contributed by atoms with Crippen LogP contribution in [0.4, 0.5) is 0 Å². The molecule has 1 rings (SSSR count). The van der Waals surface area contributed by atoms with Crippen LogP contribution in [0.15, 0.2) is 22.7 Å². The minimum absolute atomic E-state index is 0.0683. The molecule has 0 aliphatic carbocycles. The molecule has 0 amide bonds. The highest BCUT2D eigenvalue weighted by Gasteiger charge is 2.06. The number of rotatable bonds is 5. The van der Waals surface area contributed by atoms with Crippen molar-refractivity contribution in [3.05, 3.63) is 28.2 Å². The molecule has 0 radical (unpaired) electrons. The third-order valence-corrected chi connectivity index (χ3v) is 2.75. The van der Waals surface area contributed by atoms with E-state index in [0.29, 0.717) is 6.61 Å². The molecule has 0 aliphatic rings. The summed E-state index contributed by atoms with van der Waals surface area (Å²) in [7, 11) is 1.68. The zero-order chi connectivity index (χ0) is 11.3. The van der Waals surface area contributed by atoms with Gasteiger partial charge in [-0.3, -0.25) is 0 Å². The van der Waals surface area contributed by atoms with Crippen molar-refractivity contribution >= 4 is 15.9 Å². The molecular weight excluding hydrogens is 256 g/mol. The summed E-state index contributed by atoms with van der Waals surface area (Å²) in [6, 6.07) is 6.17. The summed E-state index contributed by atoms with van der Waals surface area (Å²) in [6.45, 7) is 4.72. The first-order valence-electron chi connectivity index (χ1n) is 5.11. The van der Waals surface area contributed by atoms with Gasteiger partial charge in [-0.25, -0.2) is 0 Å². The average Bonchev–Trinajstić information content (AvgIpc) is 2.21. The summed E-state index contributed by atoms with van der Waals surface area (Å²) >= 11 is 3.50. The molecule has 3 heteroatoms. The SMILES string of the molecule is CCc1ccc(O[C@H](C)COC)c(Br)c1. The summed E-state index contributed by atoms with van der Waals surface area (Å²) in [5.41, 5.74) is 1.30. The predicted molar refractivity (Wildman–Crippen MR) is 65.5 cm³/mol. The number of ether oxygens (including phenoxy) is 2. The minimum atomic E-state index is 0.0683. The Labute approximate surface area is 99.7 Å². The maximum absolute atomic E-state index is 5.71. The fraction of sp³-hybridized carbons (Fsp3) is 0.500. The van der Waals surface area contributed by atoms with E-state index in [9.17, 15) is 0 Å². The number of aryl methyl sites for hydroxylation is 1. The van der Waals surface area contributed by atoms with Crippen molar-refractivity contribution in [1.82, 2.24) is 0 Å². The highest BCUT2D eigenvalue weighted by atomic mass is 79.9. The number of benzene rings is 1. The van der Waals surface area contributed by atoms with Gasteiger partial charge in [0.05, 0.1) is 11.1 Å². The lowest BCUT2D eigenvalue weighted by Crippen LogP contribution is -2.18. The lowest BCUT2D eigenvalue weighted by molar-refractivity contribution is 0.0916. The van der Waals surface area contributed by atoms with Crippen molar-refractivity contribution in [1.29, 1.82) is 0 Å². The minimum Gasteiger partial charge on any atom is -0.487 e. The quantitative estimate of drug-likeness (QED) is 0.818. The first-order valence-corrected chi connectivity index (χ1v) is 5.90. The standard InChI is InChI=1S/C12H17BrO2/c1-4-10-5-6-12(11(13)7-10)15-9(2)8-14-3/h5-7,9H,4,8H2,1-3H3/t9-/m1/s1. The van der Waals surface area contributed by atoms with E-state index in [4.69, 9.17) is 9.47 Å². The molecule has 0 fully saturated rings. The van der Waals surface area contributed by atoms with Gasteiger partial charge in [0.2, 0.25) is 0 Å². The van der Waals surface area contributed by atoms with Crippen LogP contribution in [0.2, 0.25) is 0 Å². The van der Waals surface area contributed by atoms with Gasteiger partial charge in [0.15, 0.2) is 0 Å². The van der Waals surface area contributed by atoms with E-state index in [1.807, 2.05) is 13.0 Å². The Balaban J connectivity index is 2.69. The molecule has 1 atom stereocenters. The molecule has 0 bridgehead atoms. The molecule has 0 heterocycles. The first kappa shape index (κ1) is 12.5. The van der Waals surface area contributed by atoms with Gasteiger partial charge < -0.3 is 9.47 Å². The Morgan fingerprint density at radius 1 is 1.40 bits per heavy atom. The van der Waals surface area contributed by atoms with Crippen LogP contribution in [0.1, 0.15) is 19.4 Å². The zero-order valence-corrected chi connectivity index (χ0v) is 11.0. The van der Waals surface area contributed by atoms with Gasteiger partial charge in [0, 0.05) is 7.11 Å². The van der Waals surface area contributed by atoms with E-state index >= 15 is 0 Å². The largest absolute Gasteiger partial charge is 0.487 e. The van der Waals surface area contributed by atoms with Crippen LogP contribution < -0.4 is 4.74 Å². The Kier molecular flexibility index (Phi) is 5.12. The van der Waals surface area contributed by atoms with Gasteiger partial charge in [-0.1, -0.05) is 13.0 Å². The third-order valence-electron chi connectivity index (χ3n) is 2.13. The Hall–Kier alpha value is -0.540. The summed E-state index contributed by atoms with van der Waals surface area (Å²) in [5, 5.41) is 0. The fourth-order valence-corrected chi connectivity index (χ4v) is 1.86. The molecule has 15 heavy (non-hydrogen) atoms. The monoisotopic (exact) mass is 272 g/mol. The molecule has 0 aromatic heterocycles. The number of hydrogen-bond acceptors (Lipinski definition) is 2. The third kappa shape index (κ3) is 3.84. The van der Waals surface area contributed by atoms with Crippen molar-refractivity contribution in [2.45, 2.75) is 26.4 Å². The van der Waals surface area contributed by atoms with Crippen molar-refractivity contribution in [2.24, 2.45) is 0 Å². The van der Waals surface area contributed by atoms with Crippen molar-refractivity contribution in [2.75, 3.05) is 13.7 Å². The second kappa shape index (κ2) is 6.13. The van der Waals surface area contributed by atoms with Gasteiger partial charge in [-0.05, 0) is 47.0 Å². The molecule has 1 aromatic carbocycles. The van der Waals surface area contributed by atoms with E-state index < -0.39 is 0 Å². The summed E-state index contributed by atoms with van der Waals surface area (Å²) in [5.74, 6) is 0.872. The van der Waals surface area contributed by atoms with E-state index in [1.165, 1.54) is 5.56 Å². The molecule has 0 saturated heterocycles. The zero-order valence-electron chi connectivity index (χ0n) is 9.42. The first-order chi connectivity index (χ1) is 7.17. The molecule has 2 nitrogen and oxygen atoms in total. The van der Waals surface area contributed by atoms with Crippen LogP contribution >= 0.6 is 15.9 Å². The second-order valence-electron chi connectivity index (χ2n) is 3.50. The Morgan fingerprint density at radius 2 is 2.13 bits per heavy atom. The summed E-state index contributed by atoms with van der Waals surface area (Å²) in [6.07, 6.45) is 1.10. The molecule has 0 spiro atoms. The van der Waals surface area contributed by atoms with Crippen molar-refractivity contribution in [3.8, 4) is 5.75 Å². The van der Waals surface area contributed by atoms with Crippen molar-refractivity contribution < 1.29 is 9.47 Å². The smallest absolute Gasteiger partial charge is 0.134 e. The number of hydrogen-bond donors (Lipinski definition) is 0. The summed E-state index contributed by atoms with van der Waals surface area (Å²) in [4.78, 5) is 0. The van der Waals surface area contributed by atoms with E-state index in [-0.39, 0.29) is 6.10 Å². The van der Waals surface area contributed by atoms with Gasteiger partial charge in [-0.2, -0.15) is 0 Å². The molecule has 0 aliphatic heterocycles. The summed E-state index contributed by atoms with van der Waals surface area (Å²) < 4.78 is 11.7. The van der Waals surface area contributed by atoms with Gasteiger partial charge in [0.1, 0.15) is 11.9 Å². The van der Waals surface area contributed by atoms with Crippen LogP contribution in [-0.4, -0.2) is 19.8 Å². The van der Waals surface area contributed by atoms with Crippen LogP contribution in [-0.2, 0) is 11.2 Å². The highest BCUT2D eigenvalue weighted by Crippen LogP contribution is 2.27. The topological polar surface area (TPSA) is 18.5 Å². The predicted octanol–water partition coefficient (Wildman–Crippen LogP) is 3.43. The van der Waals surface area contributed by atoms with Crippen molar-refractivity contribution in [3.63, 3.8) is 0 Å². The van der Waals surface area contributed by atoms with Crippen LogP contribution in [0.25, 0.3) is 0 Å². The lowest BCUT2D eigenvalue weighted by atomic mass is 10.2. The Bertz CT molecular complexity index is 312. The fourth-order valence-electron chi connectivity index (χ4n) is 1.35. The van der Waals surface area contributed by atoms with Crippen LogP contribution in [0, 0.1) is 0 Å². The molecule has 0 unspecified atom stereocenters. The second-order valence-corrected chi connectivity index (χ2v) is 4.36. The van der Waals surface area contributed by atoms with Gasteiger partial charge in [0.25, 0.3) is 0 Å². The number of halogens is 1. The van der Waals surface area contributed by atoms with Gasteiger partial charge in [-0.15, -0.1) is 0 Å². The van der Waals surface area contributed by atoms with Gasteiger partial charge >= 0.3 is 0 Å². The molecule has 0 N–H and O–H groups in total. The maximum Gasteiger partial charge on any atom is 0.134 e. The van der Waals surface area contributed by atoms with Crippen LogP contribution in [0.5, 0.6) is 5.75 Å². The molecule has 0 saturated carbocycles. The van der Waals surface area contributed by atoms with Crippen LogP contribution in [0.3, 0.4) is 0 Å². The number of methoxy groups -OCH3 is 1. The van der Waals surface area contributed by atoms with E-state index in [2.05, 4.69) is 35.0 Å².